The van der Waals surface area contributed by atoms with Crippen molar-refractivity contribution < 1.29 is 9.66 Å². The van der Waals surface area contributed by atoms with Gasteiger partial charge in [-0.05, 0) is 18.2 Å². The molecule has 0 bridgehead atoms. The van der Waals surface area contributed by atoms with Gasteiger partial charge in [-0.1, -0.05) is 23.2 Å². The SMILES string of the molecule is NNc1ncnc(Oc2cc(Cl)cc(Cl)c2)c1[N+](=O)[O-]. The first kappa shape index (κ1) is 14.3. The number of hydrogen-bond acceptors (Lipinski definition) is 7. The van der Waals surface area contributed by atoms with Crippen molar-refractivity contribution in [1.29, 1.82) is 0 Å². The van der Waals surface area contributed by atoms with Crippen LogP contribution < -0.4 is 16.0 Å². The van der Waals surface area contributed by atoms with Gasteiger partial charge in [0.05, 0.1) is 4.92 Å². The van der Waals surface area contributed by atoms with Crippen LogP contribution >= 0.6 is 23.2 Å². The monoisotopic (exact) mass is 315 g/mol. The van der Waals surface area contributed by atoms with E-state index in [2.05, 4.69) is 15.4 Å². The lowest BCUT2D eigenvalue weighted by Gasteiger charge is -2.07. The van der Waals surface area contributed by atoms with E-state index in [-0.39, 0.29) is 17.4 Å². The molecule has 0 saturated carbocycles. The summed E-state index contributed by atoms with van der Waals surface area (Å²) in [5.74, 6) is 4.90. The molecule has 0 aliphatic rings. The molecule has 20 heavy (non-hydrogen) atoms. The molecule has 1 aromatic heterocycles. The highest BCUT2D eigenvalue weighted by Crippen LogP contribution is 2.35. The molecule has 1 aromatic carbocycles. The van der Waals surface area contributed by atoms with Gasteiger partial charge in [0.2, 0.25) is 5.82 Å². The molecule has 104 valence electrons. The van der Waals surface area contributed by atoms with Gasteiger partial charge in [0.1, 0.15) is 12.1 Å². The maximum atomic E-state index is 11.0. The predicted molar refractivity (Wildman–Crippen MR) is 73.0 cm³/mol. The maximum absolute atomic E-state index is 11.0. The Labute approximate surface area is 122 Å². The van der Waals surface area contributed by atoms with Crippen molar-refractivity contribution in [1.82, 2.24) is 9.97 Å². The number of halogens is 2. The molecule has 3 N–H and O–H groups in total. The molecule has 0 amide bonds. The average Bonchev–Trinajstić information content (AvgIpc) is 2.36. The zero-order valence-corrected chi connectivity index (χ0v) is 11.2. The first-order chi connectivity index (χ1) is 9.51. The summed E-state index contributed by atoms with van der Waals surface area (Å²) >= 11 is 11.6. The highest BCUT2D eigenvalue weighted by molar-refractivity contribution is 6.34. The Morgan fingerprint density at radius 1 is 1.25 bits per heavy atom. The minimum Gasteiger partial charge on any atom is -0.433 e. The highest BCUT2D eigenvalue weighted by Gasteiger charge is 2.24. The van der Waals surface area contributed by atoms with E-state index >= 15 is 0 Å². The van der Waals surface area contributed by atoms with Gasteiger partial charge in [-0.25, -0.2) is 10.8 Å². The quantitative estimate of drug-likeness (QED) is 0.506. The van der Waals surface area contributed by atoms with Gasteiger partial charge in [-0.3, -0.25) is 10.1 Å². The number of aromatic nitrogens is 2. The fraction of sp³-hybridized carbons (Fsp3) is 0. The van der Waals surface area contributed by atoms with Gasteiger partial charge in [-0.2, -0.15) is 4.98 Å². The fourth-order valence-electron chi connectivity index (χ4n) is 1.41. The molecule has 2 aromatic rings. The summed E-state index contributed by atoms with van der Waals surface area (Å²) in [5.41, 5.74) is 1.61. The van der Waals surface area contributed by atoms with Crippen molar-refractivity contribution in [3.05, 3.63) is 44.7 Å². The fourth-order valence-corrected chi connectivity index (χ4v) is 1.91. The zero-order valence-electron chi connectivity index (χ0n) is 9.71. The molecule has 8 nitrogen and oxygen atoms in total. The summed E-state index contributed by atoms with van der Waals surface area (Å²) in [4.78, 5) is 17.7. The second-order valence-corrected chi connectivity index (χ2v) is 4.36. The van der Waals surface area contributed by atoms with Crippen molar-refractivity contribution in [2.24, 2.45) is 5.84 Å². The molecule has 1 heterocycles. The number of hydrazine groups is 1. The molecule has 0 spiro atoms. The van der Waals surface area contributed by atoms with Gasteiger partial charge in [0, 0.05) is 10.0 Å². The summed E-state index contributed by atoms with van der Waals surface area (Å²) in [6, 6.07) is 4.38. The number of nitrogens with zero attached hydrogens (tertiary/aromatic N) is 3. The molecule has 0 atom stereocenters. The average molecular weight is 316 g/mol. The molecule has 0 unspecified atom stereocenters. The van der Waals surface area contributed by atoms with E-state index in [9.17, 15) is 10.1 Å². The molecule has 0 saturated heterocycles. The zero-order chi connectivity index (χ0) is 14.7. The minimum atomic E-state index is -0.712. The molecule has 0 fully saturated rings. The Morgan fingerprint density at radius 2 is 1.90 bits per heavy atom. The summed E-state index contributed by atoms with van der Waals surface area (Å²) < 4.78 is 5.32. The van der Waals surface area contributed by atoms with Gasteiger partial charge >= 0.3 is 11.6 Å². The maximum Gasteiger partial charge on any atom is 0.374 e. The molecular weight excluding hydrogens is 309 g/mol. The van der Waals surface area contributed by atoms with Gasteiger partial charge in [-0.15, -0.1) is 0 Å². The van der Waals surface area contributed by atoms with Crippen molar-refractivity contribution in [3.63, 3.8) is 0 Å². The highest BCUT2D eigenvalue weighted by atomic mass is 35.5. The third-order valence-corrected chi connectivity index (χ3v) is 2.60. The first-order valence-corrected chi connectivity index (χ1v) is 5.87. The van der Waals surface area contributed by atoms with Gasteiger partial charge < -0.3 is 10.2 Å². The van der Waals surface area contributed by atoms with E-state index in [0.29, 0.717) is 10.0 Å². The number of anilines is 1. The van der Waals surface area contributed by atoms with Crippen LogP contribution in [0.3, 0.4) is 0 Å². The smallest absolute Gasteiger partial charge is 0.374 e. The standard InChI is InChI=1S/C10H7Cl2N5O3/c11-5-1-6(12)3-7(2-5)20-10-8(17(18)19)9(16-13)14-4-15-10/h1-4H,13H2,(H,14,15,16). The lowest BCUT2D eigenvalue weighted by Crippen LogP contribution is -2.12. The van der Waals surface area contributed by atoms with Gasteiger partial charge in [0.15, 0.2) is 0 Å². The first-order valence-electron chi connectivity index (χ1n) is 5.11. The van der Waals surface area contributed by atoms with Crippen LogP contribution in [-0.2, 0) is 0 Å². The third kappa shape index (κ3) is 3.05. The van der Waals surface area contributed by atoms with E-state index in [0.717, 1.165) is 6.33 Å². The summed E-state index contributed by atoms with van der Waals surface area (Å²) in [5, 5.41) is 11.7. The molecule has 0 aliphatic carbocycles. The van der Waals surface area contributed by atoms with Gasteiger partial charge in [0.25, 0.3) is 0 Å². The Balaban J connectivity index is 2.45. The molecule has 0 radical (unpaired) electrons. The van der Waals surface area contributed by atoms with E-state index in [1.165, 1.54) is 18.2 Å². The number of nitrogens with one attached hydrogen (secondary N) is 1. The number of nitro groups is 1. The van der Waals surface area contributed by atoms with Crippen LogP contribution in [0.5, 0.6) is 11.6 Å². The van der Waals surface area contributed by atoms with Crippen LogP contribution in [0, 0.1) is 10.1 Å². The van der Waals surface area contributed by atoms with Crippen molar-refractivity contribution in [2.75, 3.05) is 5.43 Å². The lowest BCUT2D eigenvalue weighted by molar-refractivity contribution is -0.385. The summed E-state index contributed by atoms with van der Waals surface area (Å²) in [6.07, 6.45) is 1.07. The topological polar surface area (TPSA) is 116 Å². The summed E-state index contributed by atoms with van der Waals surface area (Å²) in [6.45, 7) is 0. The molecule has 2 rings (SSSR count). The van der Waals surface area contributed by atoms with Crippen molar-refractivity contribution in [3.8, 4) is 11.6 Å². The molecule has 10 heteroatoms. The van der Waals surface area contributed by atoms with E-state index < -0.39 is 10.6 Å². The molecular formula is C10H7Cl2N5O3. The Kier molecular flexibility index (Phi) is 4.18. The summed E-state index contributed by atoms with van der Waals surface area (Å²) in [7, 11) is 0. The number of ether oxygens (including phenoxy) is 1. The van der Waals surface area contributed by atoms with E-state index in [4.69, 9.17) is 33.8 Å². The van der Waals surface area contributed by atoms with Crippen LogP contribution in [0.4, 0.5) is 11.5 Å². The molecule has 0 aliphatic heterocycles. The number of nitrogen functional groups attached to an aromatic ring is 1. The third-order valence-electron chi connectivity index (χ3n) is 2.16. The Hall–Kier alpha value is -2.16. The van der Waals surface area contributed by atoms with E-state index in [1.54, 1.807) is 0 Å². The Morgan fingerprint density at radius 3 is 2.45 bits per heavy atom. The minimum absolute atomic E-state index is 0.173. The number of nitrogens with two attached hydrogens (primary N) is 1. The van der Waals surface area contributed by atoms with Crippen LogP contribution in [0.25, 0.3) is 0 Å². The van der Waals surface area contributed by atoms with Crippen LogP contribution in [0.15, 0.2) is 24.5 Å². The Bertz CT molecular complexity index is 647. The largest absolute Gasteiger partial charge is 0.433 e. The number of hydrogen-bond donors (Lipinski definition) is 2. The number of rotatable bonds is 4. The van der Waals surface area contributed by atoms with Crippen molar-refractivity contribution >= 4 is 34.7 Å². The van der Waals surface area contributed by atoms with Crippen LogP contribution in [0.1, 0.15) is 0 Å². The number of benzene rings is 1. The lowest BCUT2D eigenvalue weighted by atomic mass is 10.3. The van der Waals surface area contributed by atoms with Crippen LogP contribution in [0.2, 0.25) is 10.0 Å². The second-order valence-electron chi connectivity index (χ2n) is 3.48. The second kappa shape index (κ2) is 5.87. The predicted octanol–water partition coefficient (Wildman–Crippen LogP) is 2.77. The van der Waals surface area contributed by atoms with Crippen LogP contribution in [-0.4, -0.2) is 14.9 Å². The van der Waals surface area contributed by atoms with E-state index in [1.807, 2.05) is 0 Å². The van der Waals surface area contributed by atoms with Crippen molar-refractivity contribution in [2.45, 2.75) is 0 Å². The normalized spacial score (nSPS) is 10.2.